The zero-order chi connectivity index (χ0) is 14.8. The van der Waals surface area contributed by atoms with Crippen LogP contribution in [-0.4, -0.2) is 35.7 Å². The normalized spacial score (nSPS) is 15.5. The van der Waals surface area contributed by atoms with Crippen molar-refractivity contribution in [1.29, 1.82) is 0 Å². The Balaban J connectivity index is 3.06. The number of sulfone groups is 1. The molecule has 2 atom stereocenters. The van der Waals surface area contributed by atoms with Gasteiger partial charge in [0.1, 0.15) is 0 Å². The fraction of sp³-hybridized carbons (Fsp3) is 0.727. The molecule has 0 aliphatic carbocycles. The molecule has 0 radical (unpaired) electrons. The standard InChI is InChI=1S/C11H21BrN4O2S/c1-5-16-10(11(12)7(2)15-16)6-9(14-13)8(3)19(4,17)18/h8-9,14H,5-6,13H2,1-4H3. The van der Waals surface area contributed by atoms with Gasteiger partial charge in [0.2, 0.25) is 0 Å². The molecule has 6 nitrogen and oxygen atoms in total. The van der Waals surface area contributed by atoms with Crippen molar-refractivity contribution in [2.75, 3.05) is 6.26 Å². The highest BCUT2D eigenvalue weighted by atomic mass is 79.9. The van der Waals surface area contributed by atoms with Crippen LogP contribution in [0.15, 0.2) is 4.47 Å². The Kier molecular flexibility index (Phi) is 5.54. The van der Waals surface area contributed by atoms with E-state index in [4.69, 9.17) is 5.84 Å². The van der Waals surface area contributed by atoms with E-state index in [2.05, 4.69) is 26.5 Å². The molecule has 19 heavy (non-hydrogen) atoms. The predicted molar refractivity (Wildman–Crippen MR) is 79.5 cm³/mol. The zero-order valence-corrected chi connectivity index (χ0v) is 14.0. The smallest absolute Gasteiger partial charge is 0.151 e. The molecule has 1 aromatic rings. The first kappa shape index (κ1) is 16.6. The minimum atomic E-state index is -3.15. The number of nitrogens with two attached hydrogens (primary N) is 1. The van der Waals surface area contributed by atoms with Gasteiger partial charge in [-0.15, -0.1) is 0 Å². The van der Waals surface area contributed by atoms with Crippen LogP contribution in [0.3, 0.4) is 0 Å². The van der Waals surface area contributed by atoms with E-state index in [0.717, 1.165) is 22.4 Å². The molecule has 110 valence electrons. The van der Waals surface area contributed by atoms with Gasteiger partial charge in [-0.2, -0.15) is 5.10 Å². The Bertz CT molecular complexity index is 541. The summed E-state index contributed by atoms with van der Waals surface area (Å²) in [7, 11) is -3.15. The van der Waals surface area contributed by atoms with Gasteiger partial charge in [-0.1, -0.05) is 0 Å². The number of aryl methyl sites for hydroxylation is 2. The predicted octanol–water partition coefficient (Wildman–Crippen LogP) is 0.781. The number of rotatable bonds is 6. The van der Waals surface area contributed by atoms with E-state index < -0.39 is 15.1 Å². The Labute approximate surface area is 122 Å². The second kappa shape index (κ2) is 6.34. The number of nitrogens with one attached hydrogen (secondary N) is 1. The Morgan fingerprint density at radius 3 is 2.53 bits per heavy atom. The fourth-order valence-corrected chi connectivity index (χ4v) is 3.15. The van der Waals surface area contributed by atoms with Crippen LogP contribution in [0.4, 0.5) is 0 Å². The van der Waals surface area contributed by atoms with Gasteiger partial charge >= 0.3 is 0 Å². The molecule has 0 fully saturated rings. The highest BCUT2D eigenvalue weighted by molar-refractivity contribution is 9.10. The van der Waals surface area contributed by atoms with Crippen molar-refractivity contribution in [3.63, 3.8) is 0 Å². The van der Waals surface area contributed by atoms with E-state index in [-0.39, 0.29) is 6.04 Å². The van der Waals surface area contributed by atoms with Crippen molar-refractivity contribution in [3.8, 4) is 0 Å². The van der Waals surface area contributed by atoms with Crippen molar-refractivity contribution in [2.45, 2.75) is 45.0 Å². The quantitative estimate of drug-likeness (QED) is 0.583. The van der Waals surface area contributed by atoms with Crippen molar-refractivity contribution >= 4 is 25.8 Å². The summed E-state index contributed by atoms with van der Waals surface area (Å²) in [5.41, 5.74) is 4.45. The van der Waals surface area contributed by atoms with Crippen LogP contribution in [0.25, 0.3) is 0 Å². The highest BCUT2D eigenvalue weighted by Gasteiger charge is 2.27. The lowest BCUT2D eigenvalue weighted by Gasteiger charge is -2.22. The summed E-state index contributed by atoms with van der Waals surface area (Å²) >= 11 is 3.50. The summed E-state index contributed by atoms with van der Waals surface area (Å²) in [6.45, 7) is 6.29. The Morgan fingerprint density at radius 1 is 1.53 bits per heavy atom. The van der Waals surface area contributed by atoms with Gasteiger partial charge in [-0.05, 0) is 36.7 Å². The first-order chi connectivity index (χ1) is 8.72. The van der Waals surface area contributed by atoms with Crippen molar-refractivity contribution in [2.24, 2.45) is 5.84 Å². The summed E-state index contributed by atoms with van der Waals surface area (Å²) in [5.74, 6) is 5.51. The first-order valence-electron chi connectivity index (χ1n) is 6.09. The SMILES string of the molecule is CCn1nc(C)c(Br)c1CC(NN)C(C)S(C)(=O)=O. The molecule has 0 bridgehead atoms. The van der Waals surface area contributed by atoms with Crippen LogP contribution in [0, 0.1) is 6.92 Å². The lowest BCUT2D eigenvalue weighted by atomic mass is 10.1. The number of hydrogen-bond acceptors (Lipinski definition) is 5. The molecule has 0 spiro atoms. The maximum atomic E-state index is 11.6. The molecule has 0 saturated heterocycles. The van der Waals surface area contributed by atoms with Gasteiger partial charge < -0.3 is 0 Å². The van der Waals surface area contributed by atoms with Crippen LogP contribution < -0.4 is 11.3 Å². The third kappa shape index (κ3) is 3.77. The largest absolute Gasteiger partial charge is 0.271 e. The van der Waals surface area contributed by atoms with Gasteiger partial charge in [0.15, 0.2) is 9.84 Å². The van der Waals surface area contributed by atoms with Crippen LogP contribution in [0.2, 0.25) is 0 Å². The van der Waals surface area contributed by atoms with Crippen molar-refractivity contribution < 1.29 is 8.42 Å². The van der Waals surface area contributed by atoms with E-state index in [1.807, 2.05) is 18.5 Å². The minimum absolute atomic E-state index is 0.354. The lowest BCUT2D eigenvalue weighted by molar-refractivity contribution is 0.475. The monoisotopic (exact) mass is 352 g/mol. The molecule has 8 heteroatoms. The summed E-state index contributed by atoms with van der Waals surface area (Å²) in [4.78, 5) is 0. The molecule has 1 heterocycles. The van der Waals surface area contributed by atoms with Crippen LogP contribution in [0.1, 0.15) is 25.2 Å². The van der Waals surface area contributed by atoms with Gasteiger partial charge in [0.25, 0.3) is 0 Å². The van der Waals surface area contributed by atoms with Crippen LogP contribution in [-0.2, 0) is 22.8 Å². The summed E-state index contributed by atoms with van der Waals surface area (Å²) in [5, 5.41) is 3.82. The van der Waals surface area contributed by atoms with Gasteiger partial charge in [-0.3, -0.25) is 16.0 Å². The Hall–Kier alpha value is -0.440. The number of hydrogen-bond donors (Lipinski definition) is 2. The molecular weight excluding hydrogens is 332 g/mol. The van der Waals surface area contributed by atoms with Crippen molar-refractivity contribution in [3.05, 3.63) is 15.9 Å². The van der Waals surface area contributed by atoms with E-state index >= 15 is 0 Å². The molecule has 1 rings (SSSR count). The molecule has 0 aliphatic heterocycles. The molecule has 3 N–H and O–H groups in total. The molecule has 0 amide bonds. The van der Waals surface area contributed by atoms with Gasteiger partial charge in [0.05, 0.1) is 21.1 Å². The van der Waals surface area contributed by atoms with Crippen LogP contribution >= 0.6 is 15.9 Å². The second-order valence-electron chi connectivity index (χ2n) is 4.67. The third-order valence-corrected chi connectivity index (χ3v) is 6.03. The number of hydrazine groups is 1. The maximum absolute atomic E-state index is 11.6. The number of nitrogens with zero attached hydrogens (tertiary/aromatic N) is 2. The summed E-state index contributed by atoms with van der Waals surface area (Å²) < 4.78 is 26.0. The van der Waals surface area contributed by atoms with Crippen molar-refractivity contribution in [1.82, 2.24) is 15.2 Å². The van der Waals surface area contributed by atoms with E-state index in [9.17, 15) is 8.42 Å². The topological polar surface area (TPSA) is 90.0 Å². The van der Waals surface area contributed by atoms with E-state index in [1.54, 1.807) is 6.92 Å². The van der Waals surface area contributed by atoms with Crippen LogP contribution in [0.5, 0.6) is 0 Å². The lowest BCUT2D eigenvalue weighted by Crippen LogP contribution is -2.47. The van der Waals surface area contributed by atoms with E-state index in [0.29, 0.717) is 6.42 Å². The fourth-order valence-electron chi connectivity index (χ4n) is 1.93. The van der Waals surface area contributed by atoms with Gasteiger partial charge in [0, 0.05) is 25.3 Å². The average Bonchev–Trinajstić information content (AvgIpc) is 2.60. The highest BCUT2D eigenvalue weighted by Crippen LogP contribution is 2.23. The third-order valence-electron chi connectivity index (χ3n) is 3.32. The number of aromatic nitrogens is 2. The minimum Gasteiger partial charge on any atom is -0.271 e. The first-order valence-corrected chi connectivity index (χ1v) is 8.83. The molecule has 0 saturated carbocycles. The molecule has 0 aliphatic rings. The van der Waals surface area contributed by atoms with E-state index in [1.165, 1.54) is 6.26 Å². The summed E-state index contributed by atoms with van der Waals surface area (Å²) in [6, 6.07) is -0.354. The molecule has 2 unspecified atom stereocenters. The number of halogens is 1. The zero-order valence-electron chi connectivity index (χ0n) is 11.6. The van der Waals surface area contributed by atoms with Gasteiger partial charge in [-0.25, -0.2) is 8.42 Å². The summed E-state index contributed by atoms with van der Waals surface area (Å²) in [6.07, 6.45) is 1.72. The molecular formula is C11H21BrN4O2S. The maximum Gasteiger partial charge on any atom is 0.151 e. The Morgan fingerprint density at radius 2 is 2.11 bits per heavy atom. The molecule has 1 aromatic heterocycles. The molecule has 0 aromatic carbocycles. The second-order valence-corrected chi connectivity index (χ2v) is 7.87. The average molecular weight is 353 g/mol.